The molecule has 0 aliphatic carbocycles. The zero-order valence-corrected chi connectivity index (χ0v) is 11.1. The van der Waals surface area contributed by atoms with Crippen LogP contribution >= 0.6 is 24.2 Å². The van der Waals surface area contributed by atoms with Crippen molar-refractivity contribution in [1.82, 2.24) is 0 Å². The normalized spacial score (nSPS) is 12.9. The predicted octanol–water partition coefficient (Wildman–Crippen LogP) is 4.06. The van der Waals surface area contributed by atoms with Gasteiger partial charge in [0.15, 0.2) is 11.6 Å². The second-order valence-corrected chi connectivity index (χ2v) is 4.82. The standard InChI is InChI=1S/C12H16ClFOS/c1-8(2)9(7-16)6-15-12-10(13)4-3-5-11(12)14/h3-5,8-9,16H,6-7H2,1-2H3. The number of hydrogen-bond donors (Lipinski definition) is 1. The summed E-state index contributed by atoms with van der Waals surface area (Å²) in [5, 5.41) is 0.307. The zero-order valence-electron chi connectivity index (χ0n) is 9.41. The molecule has 0 saturated carbocycles. The van der Waals surface area contributed by atoms with Crippen molar-refractivity contribution in [3.63, 3.8) is 0 Å². The molecule has 0 amide bonds. The molecule has 16 heavy (non-hydrogen) atoms. The lowest BCUT2D eigenvalue weighted by Crippen LogP contribution is -2.19. The van der Waals surface area contributed by atoms with E-state index in [1.807, 2.05) is 0 Å². The van der Waals surface area contributed by atoms with E-state index in [2.05, 4.69) is 26.5 Å². The van der Waals surface area contributed by atoms with Crippen molar-refractivity contribution >= 4 is 24.2 Å². The highest BCUT2D eigenvalue weighted by atomic mass is 35.5. The summed E-state index contributed by atoms with van der Waals surface area (Å²) >= 11 is 10.1. The molecule has 0 aromatic heterocycles. The number of benzene rings is 1. The summed E-state index contributed by atoms with van der Waals surface area (Å²) in [6, 6.07) is 4.51. The number of rotatable bonds is 5. The number of para-hydroxylation sites is 1. The number of thiol groups is 1. The molecule has 0 spiro atoms. The Hall–Kier alpha value is -0.410. The van der Waals surface area contributed by atoms with Gasteiger partial charge in [-0.25, -0.2) is 4.39 Å². The third-order valence-electron chi connectivity index (χ3n) is 2.54. The Labute approximate surface area is 106 Å². The van der Waals surface area contributed by atoms with Crippen LogP contribution < -0.4 is 4.74 Å². The average Bonchev–Trinajstić information content (AvgIpc) is 2.22. The summed E-state index contributed by atoms with van der Waals surface area (Å²) < 4.78 is 18.8. The SMILES string of the molecule is CC(C)C(CS)COc1c(F)cccc1Cl. The zero-order chi connectivity index (χ0) is 12.1. The van der Waals surface area contributed by atoms with E-state index in [1.54, 1.807) is 12.1 Å². The Bertz CT molecular complexity index is 324. The van der Waals surface area contributed by atoms with Crippen molar-refractivity contribution in [2.45, 2.75) is 13.8 Å². The first kappa shape index (κ1) is 13.7. The van der Waals surface area contributed by atoms with Crippen molar-refractivity contribution in [3.05, 3.63) is 29.0 Å². The Balaban J connectivity index is 2.67. The first-order valence-electron chi connectivity index (χ1n) is 5.24. The van der Waals surface area contributed by atoms with Gasteiger partial charge >= 0.3 is 0 Å². The summed E-state index contributed by atoms with van der Waals surface area (Å²) in [5.41, 5.74) is 0. The highest BCUT2D eigenvalue weighted by Gasteiger charge is 2.15. The van der Waals surface area contributed by atoms with E-state index in [0.29, 0.717) is 29.2 Å². The van der Waals surface area contributed by atoms with Crippen LogP contribution in [0.25, 0.3) is 0 Å². The molecule has 0 aliphatic heterocycles. The van der Waals surface area contributed by atoms with E-state index < -0.39 is 5.82 Å². The van der Waals surface area contributed by atoms with Crippen molar-refractivity contribution in [2.24, 2.45) is 11.8 Å². The Morgan fingerprint density at radius 2 is 2.12 bits per heavy atom. The first-order chi connectivity index (χ1) is 7.56. The molecule has 0 aliphatic rings. The molecule has 0 bridgehead atoms. The van der Waals surface area contributed by atoms with E-state index in [4.69, 9.17) is 16.3 Å². The molecule has 1 rings (SSSR count). The van der Waals surface area contributed by atoms with Crippen molar-refractivity contribution in [2.75, 3.05) is 12.4 Å². The van der Waals surface area contributed by atoms with Crippen LogP contribution in [0.4, 0.5) is 4.39 Å². The number of halogens is 2. The predicted molar refractivity (Wildman–Crippen MR) is 69.1 cm³/mol. The van der Waals surface area contributed by atoms with Crippen LogP contribution in [0.3, 0.4) is 0 Å². The van der Waals surface area contributed by atoms with Gasteiger partial charge in [0.2, 0.25) is 0 Å². The Morgan fingerprint density at radius 1 is 1.44 bits per heavy atom. The van der Waals surface area contributed by atoms with E-state index in [9.17, 15) is 4.39 Å². The molecule has 1 atom stereocenters. The largest absolute Gasteiger partial charge is 0.489 e. The highest BCUT2D eigenvalue weighted by Crippen LogP contribution is 2.28. The molecule has 1 nitrogen and oxygen atoms in total. The quantitative estimate of drug-likeness (QED) is 0.788. The monoisotopic (exact) mass is 262 g/mol. The number of hydrogen-bond acceptors (Lipinski definition) is 2. The smallest absolute Gasteiger partial charge is 0.173 e. The maximum absolute atomic E-state index is 13.4. The molecule has 0 saturated heterocycles. The van der Waals surface area contributed by atoms with E-state index >= 15 is 0 Å². The lowest BCUT2D eigenvalue weighted by atomic mass is 9.99. The van der Waals surface area contributed by atoms with Crippen molar-refractivity contribution in [3.8, 4) is 5.75 Å². The molecular weight excluding hydrogens is 247 g/mol. The lowest BCUT2D eigenvalue weighted by Gasteiger charge is -2.19. The van der Waals surface area contributed by atoms with Crippen molar-refractivity contribution in [1.29, 1.82) is 0 Å². The molecule has 90 valence electrons. The molecule has 1 aromatic rings. The van der Waals surface area contributed by atoms with Gasteiger partial charge in [-0.1, -0.05) is 31.5 Å². The van der Waals surface area contributed by atoms with Gasteiger partial charge in [-0.05, 0) is 23.8 Å². The van der Waals surface area contributed by atoms with Crippen LogP contribution in [0, 0.1) is 17.7 Å². The maximum atomic E-state index is 13.4. The fourth-order valence-electron chi connectivity index (χ4n) is 1.27. The van der Waals surface area contributed by atoms with Crippen LogP contribution in [0.1, 0.15) is 13.8 Å². The van der Waals surface area contributed by atoms with Gasteiger partial charge in [0.05, 0.1) is 11.6 Å². The molecule has 1 aromatic carbocycles. The summed E-state index contributed by atoms with van der Waals surface area (Å²) in [6.07, 6.45) is 0. The first-order valence-corrected chi connectivity index (χ1v) is 6.25. The minimum absolute atomic E-state index is 0.136. The van der Waals surface area contributed by atoms with Gasteiger partial charge in [0, 0.05) is 5.92 Å². The summed E-state index contributed by atoms with van der Waals surface area (Å²) in [7, 11) is 0. The topological polar surface area (TPSA) is 9.23 Å². The van der Waals surface area contributed by atoms with E-state index in [0.717, 1.165) is 0 Å². The van der Waals surface area contributed by atoms with Gasteiger partial charge in [-0.15, -0.1) is 0 Å². The van der Waals surface area contributed by atoms with Gasteiger partial charge in [-0.2, -0.15) is 12.6 Å². The average molecular weight is 263 g/mol. The van der Waals surface area contributed by atoms with Gasteiger partial charge in [0.1, 0.15) is 0 Å². The van der Waals surface area contributed by atoms with E-state index in [1.165, 1.54) is 6.07 Å². The highest BCUT2D eigenvalue weighted by molar-refractivity contribution is 7.80. The second kappa shape index (κ2) is 6.36. The van der Waals surface area contributed by atoms with E-state index in [-0.39, 0.29) is 5.75 Å². The summed E-state index contributed by atoms with van der Waals surface area (Å²) in [5.74, 6) is 1.16. The molecule has 4 heteroatoms. The molecule has 0 radical (unpaired) electrons. The minimum atomic E-state index is -0.422. The molecule has 0 fully saturated rings. The second-order valence-electron chi connectivity index (χ2n) is 4.05. The van der Waals surface area contributed by atoms with Crippen LogP contribution in [0.5, 0.6) is 5.75 Å². The maximum Gasteiger partial charge on any atom is 0.173 e. The fraction of sp³-hybridized carbons (Fsp3) is 0.500. The van der Waals surface area contributed by atoms with Crippen LogP contribution in [-0.2, 0) is 0 Å². The summed E-state index contributed by atoms with van der Waals surface area (Å²) in [6.45, 7) is 4.61. The van der Waals surface area contributed by atoms with Gasteiger partial charge in [-0.3, -0.25) is 0 Å². The van der Waals surface area contributed by atoms with Crippen LogP contribution in [0.15, 0.2) is 18.2 Å². The van der Waals surface area contributed by atoms with Crippen LogP contribution in [-0.4, -0.2) is 12.4 Å². The van der Waals surface area contributed by atoms with Gasteiger partial charge in [0.25, 0.3) is 0 Å². The third kappa shape index (κ3) is 3.56. The fourth-order valence-corrected chi connectivity index (χ4v) is 2.01. The molecular formula is C12H16ClFOS. The Morgan fingerprint density at radius 3 is 2.62 bits per heavy atom. The lowest BCUT2D eigenvalue weighted by molar-refractivity contribution is 0.219. The molecule has 0 heterocycles. The van der Waals surface area contributed by atoms with Crippen LogP contribution in [0.2, 0.25) is 5.02 Å². The Kier molecular flexibility index (Phi) is 5.42. The molecule has 0 N–H and O–H groups in total. The number of ether oxygens (including phenoxy) is 1. The minimum Gasteiger partial charge on any atom is -0.489 e. The summed E-state index contributed by atoms with van der Waals surface area (Å²) in [4.78, 5) is 0. The van der Waals surface area contributed by atoms with Gasteiger partial charge < -0.3 is 4.74 Å². The van der Waals surface area contributed by atoms with Crippen molar-refractivity contribution < 1.29 is 9.13 Å². The third-order valence-corrected chi connectivity index (χ3v) is 3.30. The molecule has 1 unspecified atom stereocenters.